The zero-order chi connectivity index (χ0) is 15.0. The van der Waals surface area contributed by atoms with E-state index in [0.717, 1.165) is 6.42 Å². The summed E-state index contributed by atoms with van der Waals surface area (Å²) in [5, 5.41) is 11.6. The zero-order valence-electron chi connectivity index (χ0n) is 12.1. The summed E-state index contributed by atoms with van der Waals surface area (Å²) in [7, 11) is 0. The van der Waals surface area contributed by atoms with Gasteiger partial charge in [0.1, 0.15) is 5.69 Å². The molecule has 118 valence electrons. The lowest BCUT2D eigenvalue weighted by atomic mass is 10.1. The number of carboxylic acid groups (broad SMARTS) is 1. The number of carbonyl (C=O) groups is 2. The lowest BCUT2D eigenvalue weighted by Gasteiger charge is -2.19. The number of nitrogens with zero attached hydrogens (tertiary/aromatic N) is 1. The first-order chi connectivity index (χ1) is 9.49. The molecule has 1 aromatic rings. The first kappa shape index (κ1) is 19.7. The van der Waals surface area contributed by atoms with Crippen molar-refractivity contribution < 1.29 is 14.7 Å². The van der Waals surface area contributed by atoms with Crippen molar-refractivity contribution in [2.45, 2.75) is 26.3 Å². The molecule has 0 unspecified atom stereocenters. The molecule has 0 saturated carbocycles. The van der Waals surface area contributed by atoms with Crippen molar-refractivity contribution in [3.05, 3.63) is 30.1 Å². The van der Waals surface area contributed by atoms with E-state index in [1.807, 2.05) is 0 Å². The van der Waals surface area contributed by atoms with Crippen LogP contribution in [0.3, 0.4) is 0 Å². The Morgan fingerprint density at radius 2 is 2.10 bits per heavy atom. The van der Waals surface area contributed by atoms with Gasteiger partial charge in [0.2, 0.25) is 0 Å². The number of halogens is 1. The number of hydrogen-bond acceptors (Lipinski definition) is 4. The van der Waals surface area contributed by atoms with E-state index in [9.17, 15) is 9.59 Å². The predicted octanol–water partition coefficient (Wildman–Crippen LogP) is 2.47. The van der Waals surface area contributed by atoms with Crippen LogP contribution in [0.25, 0.3) is 0 Å². The van der Waals surface area contributed by atoms with Gasteiger partial charge in [-0.2, -0.15) is 0 Å². The standard InChI is InChI=1S/C14H20N2O3S.ClH/c1-10(2)7-11(8-20-9-13(17)18)16-14(19)12-5-3-4-6-15-12;/h3-6,10-11H,7-9H2,1-2H3,(H,16,19)(H,17,18);1H/t11-;/m0./s1. The van der Waals surface area contributed by atoms with E-state index in [2.05, 4.69) is 24.1 Å². The minimum atomic E-state index is -0.839. The summed E-state index contributed by atoms with van der Waals surface area (Å²) in [6, 6.07) is 5.13. The molecule has 1 atom stereocenters. The maximum atomic E-state index is 12.0. The van der Waals surface area contributed by atoms with Crippen molar-refractivity contribution in [3.8, 4) is 0 Å². The van der Waals surface area contributed by atoms with Gasteiger partial charge in [-0.05, 0) is 24.5 Å². The highest BCUT2D eigenvalue weighted by Gasteiger charge is 2.16. The summed E-state index contributed by atoms with van der Waals surface area (Å²) < 4.78 is 0. The minimum Gasteiger partial charge on any atom is -0.481 e. The molecule has 0 aliphatic heterocycles. The first-order valence-electron chi connectivity index (χ1n) is 6.50. The van der Waals surface area contributed by atoms with E-state index in [1.165, 1.54) is 11.8 Å². The van der Waals surface area contributed by atoms with Crippen LogP contribution >= 0.6 is 24.2 Å². The largest absolute Gasteiger partial charge is 0.481 e. The molecule has 0 bridgehead atoms. The summed E-state index contributed by atoms with van der Waals surface area (Å²) in [5.41, 5.74) is 0.379. The van der Waals surface area contributed by atoms with Gasteiger partial charge in [-0.1, -0.05) is 19.9 Å². The minimum absolute atomic E-state index is 0. The molecule has 1 heterocycles. The maximum absolute atomic E-state index is 12.0. The quantitative estimate of drug-likeness (QED) is 0.764. The molecular formula is C14H21ClN2O3S. The summed E-state index contributed by atoms with van der Waals surface area (Å²) in [6.07, 6.45) is 2.39. The molecule has 7 heteroatoms. The van der Waals surface area contributed by atoms with Gasteiger partial charge in [0, 0.05) is 18.0 Å². The van der Waals surface area contributed by atoms with Crippen LogP contribution in [-0.2, 0) is 4.79 Å². The summed E-state index contributed by atoms with van der Waals surface area (Å²) in [4.78, 5) is 26.6. The summed E-state index contributed by atoms with van der Waals surface area (Å²) >= 11 is 1.31. The molecule has 0 aliphatic carbocycles. The van der Waals surface area contributed by atoms with Crippen LogP contribution in [0.5, 0.6) is 0 Å². The second-order valence-corrected chi connectivity index (χ2v) is 5.95. The third kappa shape index (κ3) is 8.57. The monoisotopic (exact) mass is 332 g/mol. The van der Waals surface area contributed by atoms with Crippen LogP contribution in [0.2, 0.25) is 0 Å². The molecular weight excluding hydrogens is 312 g/mol. The third-order valence-electron chi connectivity index (χ3n) is 2.53. The van der Waals surface area contributed by atoms with Crippen molar-refractivity contribution in [2.75, 3.05) is 11.5 Å². The highest BCUT2D eigenvalue weighted by Crippen LogP contribution is 2.11. The van der Waals surface area contributed by atoms with E-state index in [0.29, 0.717) is 17.4 Å². The number of thioether (sulfide) groups is 1. The van der Waals surface area contributed by atoms with E-state index >= 15 is 0 Å². The Hall–Kier alpha value is -1.27. The molecule has 2 N–H and O–H groups in total. The Labute approximate surface area is 135 Å². The van der Waals surface area contributed by atoms with Crippen molar-refractivity contribution >= 4 is 36.0 Å². The van der Waals surface area contributed by atoms with Gasteiger partial charge in [-0.25, -0.2) is 0 Å². The molecule has 1 aromatic heterocycles. The van der Waals surface area contributed by atoms with E-state index < -0.39 is 5.97 Å². The molecule has 1 amide bonds. The second kappa shape index (κ2) is 10.5. The Balaban J connectivity index is 0.00000400. The molecule has 21 heavy (non-hydrogen) atoms. The van der Waals surface area contributed by atoms with Crippen LogP contribution < -0.4 is 5.32 Å². The fourth-order valence-electron chi connectivity index (χ4n) is 1.78. The number of nitrogens with one attached hydrogen (secondary N) is 1. The average Bonchev–Trinajstić information content (AvgIpc) is 2.38. The second-order valence-electron chi connectivity index (χ2n) is 4.92. The number of amides is 1. The Morgan fingerprint density at radius 3 is 2.62 bits per heavy atom. The smallest absolute Gasteiger partial charge is 0.313 e. The molecule has 0 aromatic carbocycles. The van der Waals surface area contributed by atoms with Crippen LogP contribution in [0.4, 0.5) is 0 Å². The highest BCUT2D eigenvalue weighted by atomic mass is 35.5. The third-order valence-corrected chi connectivity index (χ3v) is 3.62. The molecule has 1 rings (SSSR count). The van der Waals surface area contributed by atoms with Crippen molar-refractivity contribution in [3.63, 3.8) is 0 Å². The van der Waals surface area contributed by atoms with Gasteiger partial charge in [0.25, 0.3) is 5.91 Å². The van der Waals surface area contributed by atoms with Crippen molar-refractivity contribution in [2.24, 2.45) is 5.92 Å². The van der Waals surface area contributed by atoms with Crippen molar-refractivity contribution in [1.29, 1.82) is 0 Å². The number of hydrogen-bond donors (Lipinski definition) is 2. The molecule has 5 nitrogen and oxygen atoms in total. The van der Waals surface area contributed by atoms with Gasteiger partial charge < -0.3 is 10.4 Å². The number of rotatable bonds is 8. The predicted molar refractivity (Wildman–Crippen MR) is 87.2 cm³/mol. The molecule has 0 saturated heterocycles. The van der Waals surface area contributed by atoms with Gasteiger partial charge >= 0.3 is 5.97 Å². The topological polar surface area (TPSA) is 79.3 Å². The number of carboxylic acids is 1. The Kier molecular flexibility index (Phi) is 9.82. The average molecular weight is 333 g/mol. The van der Waals surface area contributed by atoms with Gasteiger partial charge in [-0.3, -0.25) is 14.6 Å². The lowest BCUT2D eigenvalue weighted by Crippen LogP contribution is -2.38. The zero-order valence-corrected chi connectivity index (χ0v) is 13.7. The lowest BCUT2D eigenvalue weighted by molar-refractivity contribution is -0.133. The van der Waals surface area contributed by atoms with Gasteiger partial charge in [-0.15, -0.1) is 24.2 Å². The normalized spacial score (nSPS) is 11.6. The first-order valence-corrected chi connectivity index (χ1v) is 7.66. The van der Waals surface area contributed by atoms with Gasteiger partial charge in [0.15, 0.2) is 0 Å². The van der Waals surface area contributed by atoms with Crippen molar-refractivity contribution in [1.82, 2.24) is 10.3 Å². The maximum Gasteiger partial charge on any atom is 0.313 e. The fourth-order valence-corrected chi connectivity index (χ4v) is 2.58. The molecule has 0 spiro atoms. The van der Waals surface area contributed by atoms with Gasteiger partial charge in [0.05, 0.1) is 5.75 Å². The number of carbonyl (C=O) groups excluding carboxylic acids is 1. The SMILES string of the molecule is CC(C)C[C@@H](CSCC(=O)O)NC(=O)c1ccccn1.Cl. The summed E-state index contributed by atoms with van der Waals surface area (Å²) in [6.45, 7) is 4.14. The summed E-state index contributed by atoms with van der Waals surface area (Å²) in [5.74, 6) is 0.00730. The molecule has 0 radical (unpaired) electrons. The number of aromatic nitrogens is 1. The van der Waals surface area contributed by atoms with Crippen LogP contribution in [0.1, 0.15) is 30.8 Å². The van der Waals surface area contributed by atoms with Crippen LogP contribution in [0.15, 0.2) is 24.4 Å². The number of pyridine rings is 1. The van der Waals surface area contributed by atoms with Crippen LogP contribution in [0, 0.1) is 5.92 Å². The Bertz CT molecular complexity index is 443. The van der Waals surface area contributed by atoms with E-state index in [1.54, 1.807) is 24.4 Å². The molecule has 0 fully saturated rings. The fraction of sp³-hybridized carbons (Fsp3) is 0.500. The molecule has 0 aliphatic rings. The van der Waals surface area contributed by atoms with E-state index in [4.69, 9.17) is 5.11 Å². The Morgan fingerprint density at radius 1 is 1.38 bits per heavy atom. The van der Waals surface area contributed by atoms with E-state index in [-0.39, 0.29) is 30.1 Å². The highest BCUT2D eigenvalue weighted by molar-refractivity contribution is 7.99. The number of aliphatic carboxylic acids is 1. The van der Waals surface area contributed by atoms with Crippen LogP contribution in [-0.4, -0.2) is 39.5 Å².